The summed E-state index contributed by atoms with van der Waals surface area (Å²) in [6, 6.07) is 11.5. The van der Waals surface area contributed by atoms with Gasteiger partial charge in [-0.3, -0.25) is 4.79 Å². The lowest BCUT2D eigenvalue weighted by molar-refractivity contribution is -0.115. The van der Waals surface area contributed by atoms with Crippen molar-refractivity contribution >= 4 is 23.4 Å². The highest BCUT2D eigenvalue weighted by molar-refractivity contribution is 8.00. The first kappa shape index (κ1) is 14.5. The first-order valence-corrected chi connectivity index (χ1v) is 6.91. The van der Waals surface area contributed by atoms with Crippen molar-refractivity contribution in [2.24, 2.45) is 0 Å². The van der Waals surface area contributed by atoms with Crippen molar-refractivity contribution in [1.82, 2.24) is 0 Å². The first-order chi connectivity index (χ1) is 9.54. The topological polar surface area (TPSA) is 29.1 Å². The van der Waals surface area contributed by atoms with Gasteiger partial charge in [-0.05, 0) is 55.5 Å². The quantitative estimate of drug-likeness (QED) is 0.860. The van der Waals surface area contributed by atoms with Gasteiger partial charge in [0, 0.05) is 10.6 Å². The van der Waals surface area contributed by atoms with Crippen LogP contribution in [0.15, 0.2) is 53.4 Å². The highest BCUT2D eigenvalue weighted by Gasteiger charge is 2.14. The second-order valence-electron chi connectivity index (χ2n) is 4.21. The maximum Gasteiger partial charge on any atom is 0.237 e. The van der Waals surface area contributed by atoms with Crippen molar-refractivity contribution in [2.45, 2.75) is 17.1 Å². The molecule has 0 saturated carbocycles. The zero-order chi connectivity index (χ0) is 14.5. The van der Waals surface area contributed by atoms with Crippen molar-refractivity contribution in [2.75, 3.05) is 5.32 Å². The van der Waals surface area contributed by atoms with Gasteiger partial charge < -0.3 is 5.32 Å². The number of nitrogens with one attached hydrogen (secondary N) is 1. The average Bonchev–Trinajstić information content (AvgIpc) is 2.44. The third-order valence-corrected chi connectivity index (χ3v) is 3.72. The number of carbonyl (C=O) groups excluding carboxylic acids is 1. The lowest BCUT2D eigenvalue weighted by atomic mass is 10.3. The van der Waals surface area contributed by atoms with Gasteiger partial charge in [-0.15, -0.1) is 11.8 Å². The third kappa shape index (κ3) is 4.06. The molecule has 0 aliphatic heterocycles. The highest BCUT2D eigenvalue weighted by Crippen LogP contribution is 2.24. The molecule has 0 unspecified atom stereocenters. The van der Waals surface area contributed by atoms with Crippen LogP contribution in [0.3, 0.4) is 0 Å². The number of anilines is 1. The number of hydrogen-bond donors (Lipinski definition) is 1. The van der Waals surface area contributed by atoms with Crippen LogP contribution in [0, 0.1) is 11.6 Å². The summed E-state index contributed by atoms with van der Waals surface area (Å²) in [6.45, 7) is 1.76. The molecule has 0 heterocycles. The SMILES string of the molecule is C[C@H](Sc1ccc(F)cc1)C(=O)Nc1ccc(F)cc1. The lowest BCUT2D eigenvalue weighted by Crippen LogP contribution is -2.22. The van der Waals surface area contributed by atoms with E-state index < -0.39 is 0 Å². The van der Waals surface area contributed by atoms with Gasteiger partial charge in [0.05, 0.1) is 5.25 Å². The molecule has 2 rings (SSSR count). The van der Waals surface area contributed by atoms with Crippen molar-refractivity contribution in [1.29, 1.82) is 0 Å². The fourth-order valence-corrected chi connectivity index (χ4v) is 2.42. The second kappa shape index (κ2) is 6.52. The molecule has 0 radical (unpaired) electrons. The molecule has 1 N–H and O–H groups in total. The molecule has 1 atom stereocenters. The van der Waals surface area contributed by atoms with E-state index in [0.717, 1.165) is 4.90 Å². The van der Waals surface area contributed by atoms with Crippen molar-refractivity contribution in [3.63, 3.8) is 0 Å². The van der Waals surface area contributed by atoms with E-state index in [4.69, 9.17) is 0 Å². The van der Waals surface area contributed by atoms with Crippen LogP contribution < -0.4 is 5.32 Å². The van der Waals surface area contributed by atoms with Gasteiger partial charge in [0.25, 0.3) is 0 Å². The van der Waals surface area contributed by atoms with E-state index in [-0.39, 0.29) is 22.8 Å². The van der Waals surface area contributed by atoms with Crippen LogP contribution in [0.5, 0.6) is 0 Å². The Morgan fingerprint density at radius 3 is 2.05 bits per heavy atom. The smallest absolute Gasteiger partial charge is 0.237 e. The Labute approximate surface area is 120 Å². The van der Waals surface area contributed by atoms with Crippen LogP contribution in [0.4, 0.5) is 14.5 Å². The molecule has 2 aromatic carbocycles. The number of rotatable bonds is 4. The molecule has 0 aromatic heterocycles. The number of benzene rings is 2. The number of halogens is 2. The Kier molecular flexibility index (Phi) is 4.74. The van der Waals surface area contributed by atoms with Gasteiger partial charge in [-0.1, -0.05) is 0 Å². The molecule has 2 nitrogen and oxygen atoms in total. The number of thioether (sulfide) groups is 1. The van der Waals surface area contributed by atoms with E-state index >= 15 is 0 Å². The molecule has 0 aliphatic carbocycles. The van der Waals surface area contributed by atoms with E-state index in [1.54, 1.807) is 19.1 Å². The van der Waals surface area contributed by atoms with Gasteiger partial charge in [-0.25, -0.2) is 8.78 Å². The van der Waals surface area contributed by atoms with E-state index in [0.29, 0.717) is 5.69 Å². The zero-order valence-electron chi connectivity index (χ0n) is 10.8. The maximum atomic E-state index is 12.8. The predicted octanol–water partition coefficient (Wildman–Crippen LogP) is 4.08. The number of hydrogen-bond acceptors (Lipinski definition) is 2. The van der Waals surface area contributed by atoms with Crippen LogP contribution in [0.1, 0.15) is 6.92 Å². The molecule has 0 fully saturated rings. The summed E-state index contributed by atoms with van der Waals surface area (Å²) in [6.07, 6.45) is 0. The minimum Gasteiger partial charge on any atom is -0.325 e. The standard InChI is InChI=1S/C15H13F2NOS/c1-10(20-14-8-4-12(17)5-9-14)15(19)18-13-6-2-11(16)3-7-13/h2-10H,1H3,(H,18,19)/t10-/m0/s1. The molecular formula is C15H13F2NOS. The van der Waals surface area contributed by atoms with Gasteiger partial charge in [-0.2, -0.15) is 0 Å². The van der Waals surface area contributed by atoms with Crippen LogP contribution >= 0.6 is 11.8 Å². The summed E-state index contributed by atoms with van der Waals surface area (Å²) < 4.78 is 25.5. The minimum atomic E-state index is -0.350. The summed E-state index contributed by atoms with van der Waals surface area (Å²) in [5, 5.41) is 2.36. The molecule has 0 saturated heterocycles. The monoisotopic (exact) mass is 293 g/mol. The Balaban J connectivity index is 1.94. The molecule has 5 heteroatoms. The number of carbonyl (C=O) groups is 1. The van der Waals surface area contributed by atoms with Crippen LogP contribution in [0.2, 0.25) is 0 Å². The summed E-state index contributed by atoms with van der Waals surface area (Å²) in [7, 11) is 0. The van der Waals surface area contributed by atoms with Crippen molar-refractivity contribution in [3.8, 4) is 0 Å². The van der Waals surface area contributed by atoms with Gasteiger partial charge in [0.1, 0.15) is 11.6 Å². The zero-order valence-corrected chi connectivity index (χ0v) is 11.6. The highest BCUT2D eigenvalue weighted by atomic mass is 32.2. The van der Waals surface area contributed by atoms with E-state index in [1.165, 1.54) is 48.2 Å². The Morgan fingerprint density at radius 2 is 1.50 bits per heavy atom. The normalized spacial score (nSPS) is 11.9. The average molecular weight is 293 g/mol. The summed E-state index contributed by atoms with van der Waals surface area (Å²) >= 11 is 1.33. The maximum absolute atomic E-state index is 12.8. The molecule has 104 valence electrons. The summed E-state index contributed by atoms with van der Waals surface area (Å²) in [5.41, 5.74) is 0.544. The predicted molar refractivity (Wildman–Crippen MR) is 76.7 cm³/mol. The van der Waals surface area contributed by atoms with Crippen LogP contribution in [-0.2, 0) is 4.79 Å². The Bertz CT molecular complexity index is 584. The van der Waals surface area contributed by atoms with Crippen molar-refractivity contribution < 1.29 is 13.6 Å². The van der Waals surface area contributed by atoms with Gasteiger partial charge in [0.15, 0.2) is 0 Å². The molecule has 0 spiro atoms. The Hall–Kier alpha value is -1.88. The third-order valence-electron chi connectivity index (χ3n) is 2.61. The number of amides is 1. The van der Waals surface area contributed by atoms with E-state index in [1.807, 2.05) is 0 Å². The fraction of sp³-hybridized carbons (Fsp3) is 0.133. The van der Waals surface area contributed by atoms with Crippen molar-refractivity contribution in [3.05, 3.63) is 60.2 Å². The van der Waals surface area contributed by atoms with Gasteiger partial charge in [0.2, 0.25) is 5.91 Å². The van der Waals surface area contributed by atoms with Crippen LogP contribution in [-0.4, -0.2) is 11.2 Å². The van der Waals surface area contributed by atoms with Crippen LogP contribution in [0.25, 0.3) is 0 Å². The molecule has 20 heavy (non-hydrogen) atoms. The minimum absolute atomic E-state index is 0.189. The summed E-state index contributed by atoms with van der Waals surface area (Å²) in [5.74, 6) is -0.847. The molecule has 0 bridgehead atoms. The summed E-state index contributed by atoms with van der Waals surface area (Å²) in [4.78, 5) is 12.8. The van der Waals surface area contributed by atoms with E-state index in [2.05, 4.69) is 5.32 Å². The first-order valence-electron chi connectivity index (χ1n) is 6.03. The molecule has 1 amide bonds. The second-order valence-corrected chi connectivity index (χ2v) is 5.62. The van der Waals surface area contributed by atoms with Gasteiger partial charge >= 0.3 is 0 Å². The molecule has 2 aromatic rings. The fourth-order valence-electron chi connectivity index (χ4n) is 1.55. The molecular weight excluding hydrogens is 280 g/mol. The lowest BCUT2D eigenvalue weighted by Gasteiger charge is -2.12. The molecule has 0 aliphatic rings. The largest absolute Gasteiger partial charge is 0.325 e. The van der Waals surface area contributed by atoms with E-state index in [9.17, 15) is 13.6 Å². The Morgan fingerprint density at radius 1 is 1.00 bits per heavy atom.